The zero-order chi connectivity index (χ0) is 22.0. The monoisotopic (exact) mass is 413 g/mol. The van der Waals surface area contributed by atoms with Crippen molar-refractivity contribution in [3.63, 3.8) is 0 Å². The van der Waals surface area contributed by atoms with Gasteiger partial charge in [-0.05, 0) is 42.3 Å². The van der Waals surface area contributed by atoms with E-state index in [4.69, 9.17) is 4.98 Å². The molecule has 5 heteroatoms. The van der Waals surface area contributed by atoms with E-state index in [1.165, 1.54) is 6.07 Å². The van der Waals surface area contributed by atoms with Gasteiger partial charge in [-0.15, -0.1) is 0 Å². The smallest absolute Gasteiger partial charge is 0.252 e. The Balaban J connectivity index is 1.71. The molecule has 4 rings (SSSR count). The highest BCUT2D eigenvalue weighted by atomic mass is 19.1. The van der Waals surface area contributed by atoms with Crippen LogP contribution in [0.25, 0.3) is 22.3 Å². The third kappa shape index (κ3) is 4.17. The minimum Gasteiger partial charge on any atom is -0.351 e. The van der Waals surface area contributed by atoms with E-state index >= 15 is 0 Å². The second-order valence-electron chi connectivity index (χ2n) is 8.29. The largest absolute Gasteiger partial charge is 0.351 e. The number of hydrogen-bond acceptors (Lipinski definition) is 3. The Morgan fingerprint density at radius 1 is 1.00 bits per heavy atom. The van der Waals surface area contributed by atoms with Gasteiger partial charge in [0.05, 0.1) is 22.5 Å². The van der Waals surface area contributed by atoms with Crippen molar-refractivity contribution in [2.45, 2.75) is 26.2 Å². The number of fused-ring (bicyclic) bond motifs is 1. The Labute approximate surface area is 181 Å². The lowest BCUT2D eigenvalue weighted by Gasteiger charge is -2.26. The van der Waals surface area contributed by atoms with Gasteiger partial charge >= 0.3 is 0 Å². The van der Waals surface area contributed by atoms with Crippen molar-refractivity contribution in [3.8, 4) is 11.4 Å². The van der Waals surface area contributed by atoms with E-state index in [0.29, 0.717) is 29.1 Å². The fourth-order valence-electron chi connectivity index (χ4n) is 3.73. The fraction of sp³-hybridized carbons (Fsp3) is 0.192. The number of carbonyl (C=O) groups excluding carboxylic acids is 1. The Morgan fingerprint density at radius 2 is 1.77 bits per heavy atom. The first kappa shape index (κ1) is 20.7. The van der Waals surface area contributed by atoms with Crippen LogP contribution in [0.2, 0.25) is 0 Å². The summed E-state index contributed by atoms with van der Waals surface area (Å²) in [5.74, 6) is -0.497. The van der Waals surface area contributed by atoms with E-state index in [-0.39, 0.29) is 11.7 Å². The summed E-state index contributed by atoms with van der Waals surface area (Å²) in [7, 11) is 0. The number of aryl methyl sites for hydroxylation is 1. The number of pyridine rings is 2. The molecule has 4 aromatic rings. The zero-order valence-electron chi connectivity index (χ0n) is 17.8. The summed E-state index contributed by atoms with van der Waals surface area (Å²) >= 11 is 0. The molecule has 0 saturated heterocycles. The SMILES string of the molecule is Cc1cccc2c(C(=O)NCC(C)(C)c3ccccc3F)cc(-c3ccccn3)nc12. The first-order valence-electron chi connectivity index (χ1n) is 10.2. The molecular formula is C26H24FN3O. The van der Waals surface area contributed by atoms with E-state index < -0.39 is 5.41 Å². The Kier molecular flexibility index (Phi) is 5.51. The maximum atomic E-state index is 14.3. The first-order chi connectivity index (χ1) is 14.9. The number of nitrogens with one attached hydrogen (secondary N) is 1. The average molecular weight is 413 g/mol. The van der Waals surface area contributed by atoms with Crippen molar-refractivity contribution in [2.75, 3.05) is 6.54 Å². The highest BCUT2D eigenvalue weighted by Crippen LogP contribution is 2.27. The van der Waals surface area contributed by atoms with E-state index in [9.17, 15) is 9.18 Å². The predicted octanol–water partition coefficient (Wildman–Crippen LogP) is 5.45. The third-order valence-electron chi connectivity index (χ3n) is 5.51. The quantitative estimate of drug-likeness (QED) is 0.473. The highest BCUT2D eigenvalue weighted by Gasteiger charge is 2.25. The summed E-state index contributed by atoms with van der Waals surface area (Å²) < 4.78 is 14.3. The molecule has 0 saturated carbocycles. The van der Waals surface area contributed by atoms with E-state index in [0.717, 1.165) is 16.5 Å². The third-order valence-corrected chi connectivity index (χ3v) is 5.51. The first-order valence-corrected chi connectivity index (χ1v) is 10.2. The lowest BCUT2D eigenvalue weighted by Crippen LogP contribution is -2.37. The number of halogens is 1. The van der Waals surface area contributed by atoms with Crippen LogP contribution in [-0.4, -0.2) is 22.4 Å². The molecule has 2 aromatic carbocycles. The van der Waals surface area contributed by atoms with Crippen LogP contribution >= 0.6 is 0 Å². The minimum atomic E-state index is -0.566. The predicted molar refractivity (Wildman–Crippen MR) is 121 cm³/mol. The van der Waals surface area contributed by atoms with Crippen LogP contribution in [0.5, 0.6) is 0 Å². The molecule has 0 aliphatic carbocycles. The van der Waals surface area contributed by atoms with Gasteiger partial charge in [0.1, 0.15) is 5.82 Å². The maximum Gasteiger partial charge on any atom is 0.252 e. The van der Waals surface area contributed by atoms with Gasteiger partial charge in [-0.3, -0.25) is 9.78 Å². The molecule has 0 bridgehead atoms. The number of para-hydroxylation sites is 1. The number of amides is 1. The molecular weight excluding hydrogens is 389 g/mol. The van der Waals surface area contributed by atoms with E-state index in [1.54, 1.807) is 30.5 Å². The van der Waals surface area contributed by atoms with Crippen LogP contribution in [0, 0.1) is 12.7 Å². The number of aromatic nitrogens is 2. The van der Waals surface area contributed by atoms with Crippen molar-refractivity contribution >= 4 is 16.8 Å². The lowest BCUT2D eigenvalue weighted by atomic mass is 9.84. The Hall–Kier alpha value is -3.60. The standard InChI is InChI=1S/C26H24FN3O/c1-17-9-8-10-18-19(15-23(30-24(17)18)22-13-6-7-14-28-22)25(31)29-16-26(2,3)20-11-4-5-12-21(20)27/h4-15H,16H2,1-3H3,(H,29,31). The molecule has 1 N–H and O–H groups in total. The fourth-order valence-corrected chi connectivity index (χ4v) is 3.73. The van der Waals surface area contributed by atoms with Gasteiger partial charge in [-0.2, -0.15) is 0 Å². The molecule has 0 unspecified atom stereocenters. The van der Waals surface area contributed by atoms with Gasteiger partial charge in [0, 0.05) is 23.5 Å². The molecule has 156 valence electrons. The average Bonchev–Trinajstić information content (AvgIpc) is 2.78. The van der Waals surface area contributed by atoms with E-state index in [1.807, 2.05) is 57.2 Å². The number of nitrogens with zero attached hydrogens (tertiary/aromatic N) is 2. The number of carbonyl (C=O) groups is 1. The molecule has 0 aliphatic rings. The van der Waals surface area contributed by atoms with Crippen molar-refractivity contribution in [2.24, 2.45) is 0 Å². The van der Waals surface area contributed by atoms with Gasteiger partial charge < -0.3 is 5.32 Å². The van der Waals surface area contributed by atoms with Crippen LogP contribution in [0.1, 0.15) is 35.3 Å². The van der Waals surface area contributed by atoms with E-state index in [2.05, 4.69) is 10.3 Å². The molecule has 0 fully saturated rings. The molecule has 4 nitrogen and oxygen atoms in total. The van der Waals surface area contributed by atoms with Gasteiger partial charge in [-0.25, -0.2) is 9.37 Å². The molecule has 0 spiro atoms. The summed E-state index contributed by atoms with van der Waals surface area (Å²) in [6.07, 6.45) is 1.70. The number of benzene rings is 2. The Bertz CT molecular complexity index is 1250. The number of rotatable bonds is 5. The zero-order valence-corrected chi connectivity index (χ0v) is 17.8. The second-order valence-corrected chi connectivity index (χ2v) is 8.29. The maximum absolute atomic E-state index is 14.3. The minimum absolute atomic E-state index is 0.223. The summed E-state index contributed by atoms with van der Waals surface area (Å²) in [5.41, 5.74) is 3.62. The van der Waals surface area contributed by atoms with Gasteiger partial charge in [0.2, 0.25) is 0 Å². The van der Waals surface area contributed by atoms with Crippen LogP contribution in [0.4, 0.5) is 4.39 Å². The number of hydrogen-bond donors (Lipinski definition) is 1. The van der Waals surface area contributed by atoms with Crippen LogP contribution in [-0.2, 0) is 5.41 Å². The molecule has 2 aromatic heterocycles. The van der Waals surface area contributed by atoms with Crippen LogP contribution < -0.4 is 5.32 Å². The second kappa shape index (κ2) is 8.26. The van der Waals surface area contributed by atoms with Crippen molar-refractivity contribution in [1.82, 2.24) is 15.3 Å². The van der Waals surface area contributed by atoms with Crippen molar-refractivity contribution in [1.29, 1.82) is 0 Å². The van der Waals surface area contributed by atoms with Crippen molar-refractivity contribution < 1.29 is 9.18 Å². The summed E-state index contributed by atoms with van der Waals surface area (Å²) in [6.45, 7) is 6.10. The molecule has 0 radical (unpaired) electrons. The van der Waals surface area contributed by atoms with Gasteiger partial charge in [0.25, 0.3) is 5.91 Å². The van der Waals surface area contributed by atoms with Gasteiger partial charge in [-0.1, -0.05) is 56.3 Å². The molecule has 0 aliphatic heterocycles. The molecule has 0 atom stereocenters. The topological polar surface area (TPSA) is 54.9 Å². The summed E-state index contributed by atoms with van der Waals surface area (Å²) in [5, 5.41) is 3.78. The molecule has 2 heterocycles. The normalized spacial score (nSPS) is 11.5. The van der Waals surface area contributed by atoms with Gasteiger partial charge in [0.15, 0.2) is 0 Å². The molecule has 31 heavy (non-hydrogen) atoms. The lowest BCUT2D eigenvalue weighted by molar-refractivity contribution is 0.0947. The summed E-state index contributed by atoms with van der Waals surface area (Å²) in [6, 6.07) is 19.8. The summed E-state index contributed by atoms with van der Waals surface area (Å²) in [4.78, 5) is 22.4. The van der Waals surface area contributed by atoms with Crippen molar-refractivity contribution in [3.05, 3.63) is 95.4 Å². The molecule has 1 amide bonds. The Morgan fingerprint density at radius 3 is 2.52 bits per heavy atom. The highest BCUT2D eigenvalue weighted by molar-refractivity contribution is 6.07. The van der Waals surface area contributed by atoms with Crippen LogP contribution in [0.3, 0.4) is 0 Å². The van der Waals surface area contributed by atoms with Crippen LogP contribution in [0.15, 0.2) is 72.9 Å².